The van der Waals surface area contributed by atoms with E-state index in [1.54, 1.807) is 21.6 Å². The summed E-state index contributed by atoms with van der Waals surface area (Å²) in [6.07, 6.45) is 18.7. The highest BCUT2D eigenvalue weighted by atomic mass is 33.1. The second kappa shape index (κ2) is 24.9. The minimum absolute atomic E-state index is 0.187. The molecule has 0 aromatic rings. The fourth-order valence-corrected chi connectivity index (χ4v) is 5.06. The number of nitrogens with one attached hydrogen (secondary N) is 2. The number of carbonyl (C=O) groups excluding carboxylic acids is 2. The molecule has 0 aromatic heterocycles. The molecule has 0 bridgehead atoms. The molecule has 0 spiro atoms. The molecule has 0 atom stereocenters. The smallest absolute Gasteiger partial charge is 0.220 e. The zero-order chi connectivity index (χ0) is 22.1. The number of unbranched alkanes of at least 4 members (excludes halogenated alkanes) is 12. The topological polar surface area (TPSA) is 58.2 Å². The van der Waals surface area contributed by atoms with Crippen LogP contribution in [0.25, 0.3) is 0 Å². The molecule has 30 heavy (non-hydrogen) atoms. The van der Waals surface area contributed by atoms with E-state index < -0.39 is 0 Å². The standard InChI is InChI=1S/C24H48N2O2S2/c1-3-5-7-9-11-13-15-17-23(27)25-19-21-29-30-22-20-26-24(28)18-16-14-12-10-8-6-4-2/h3-22H2,1-2H3,(H,25,27)(H,26,28). The third-order valence-electron chi connectivity index (χ3n) is 5.11. The first-order chi connectivity index (χ1) is 14.7. The summed E-state index contributed by atoms with van der Waals surface area (Å²) in [5.74, 6) is 2.21. The molecule has 0 saturated carbocycles. The van der Waals surface area contributed by atoms with Crippen molar-refractivity contribution in [2.75, 3.05) is 24.6 Å². The van der Waals surface area contributed by atoms with Gasteiger partial charge in [-0.25, -0.2) is 0 Å². The molecule has 178 valence electrons. The molecule has 4 nitrogen and oxygen atoms in total. The van der Waals surface area contributed by atoms with Gasteiger partial charge in [-0.2, -0.15) is 0 Å². The highest BCUT2D eigenvalue weighted by Crippen LogP contribution is 2.19. The maximum Gasteiger partial charge on any atom is 0.220 e. The lowest BCUT2D eigenvalue weighted by atomic mass is 10.1. The second-order valence-electron chi connectivity index (χ2n) is 8.09. The first kappa shape index (κ1) is 29.6. The summed E-state index contributed by atoms with van der Waals surface area (Å²) in [6.45, 7) is 5.94. The molecule has 0 aliphatic heterocycles. The van der Waals surface area contributed by atoms with Crippen LogP contribution in [-0.2, 0) is 9.59 Å². The SMILES string of the molecule is CCCCCCCCCC(=O)NCCSSCCNC(=O)CCCCCCCCC. The maximum absolute atomic E-state index is 11.8. The summed E-state index contributed by atoms with van der Waals surface area (Å²) < 4.78 is 0. The molecule has 2 N–H and O–H groups in total. The van der Waals surface area contributed by atoms with Crippen LogP contribution < -0.4 is 10.6 Å². The van der Waals surface area contributed by atoms with Crippen LogP contribution in [-0.4, -0.2) is 36.4 Å². The van der Waals surface area contributed by atoms with Crippen LogP contribution in [0.2, 0.25) is 0 Å². The van der Waals surface area contributed by atoms with Crippen molar-refractivity contribution < 1.29 is 9.59 Å². The summed E-state index contributed by atoms with van der Waals surface area (Å²) in [7, 11) is 3.54. The fraction of sp³-hybridized carbons (Fsp3) is 0.917. The van der Waals surface area contributed by atoms with Crippen molar-refractivity contribution in [1.29, 1.82) is 0 Å². The Bertz CT molecular complexity index is 359. The van der Waals surface area contributed by atoms with Crippen LogP contribution in [0.1, 0.15) is 117 Å². The summed E-state index contributed by atoms with van der Waals surface area (Å²) in [4.78, 5) is 23.6. The Morgan fingerprint density at radius 1 is 0.533 bits per heavy atom. The van der Waals surface area contributed by atoms with E-state index in [1.807, 2.05) is 0 Å². The zero-order valence-electron chi connectivity index (χ0n) is 19.8. The molecular weight excluding hydrogens is 412 g/mol. The number of hydrogen-bond donors (Lipinski definition) is 2. The predicted octanol–water partition coefficient (Wildman–Crippen LogP) is 6.88. The van der Waals surface area contributed by atoms with Crippen LogP contribution in [0.3, 0.4) is 0 Å². The van der Waals surface area contributed by atoms with E-state index in [0.717, 1.165) is 37.4 Å². The van der Waals surface area contributed by atoms with Crippen LogP contribution in [0.4, 0.5) is 0 Å². The average molecular weight is 461 g/mol. The lowest BCUT2D eigenvalue weighted by molar-refractivity contribution is -0.121. The van der Waals surface area contributed by atoms with Crippen LogP contribution in [0, 0.1) is 0 Å². The Kier molecular flexibility index (Phi) is 24.6. The average Bonchev–Trinajstić information content (AvgIpc) is 2.74. The van der Waals surface area contributed by atoms with Gasteiger partial charge < -0.3 is 10.6 Å². The van der Waals surface area contributed by atoms with E-state index in [9.17, 15) is 9.59 Å². The summed E-state index contributed by atoms with van der Waals surface area (Å²) >= 11 is 0. The van der Waals surface area contributed by atoms with E-state index in [2.05, 4.69) is 24.5 Å². The molecule has 2 amide bonds. The van der Waals surface area contributed by atoms with Gasteiger partial charge in [-0.15, -0.1) is 0 Å². The number of amides is 2. The van der Waals surface area contributed by atoms with Crippen LogP contribution >= 0.6 is 21.6 Å². The molecule has 6 heteroatoms. The molecule has 0 rings (SSSR count). The van der Waals surface area contributed by atoms with Crippen molar-refractivity contribution in [1.82, 2.24) is 10.6 Å². The minimum atomic E-state index is 0.187. The third-order valence-corrected chi connectivity index (χ3v) is 7.52. The molecular formula is C24H48N2O2S2. The molecule has 0 fully saturated rings. The first-order valence-corrected chi connectivity index (χ1v) is 15.0. The van der Waals surface area contributed by atoms with Gasteiger partial charge in [0.1, 0.15) is 0 Å². The van der Waals surface area contributed by atoms with Crippen molar-refractivity contribution in [2.45, 2.75) is 117 Å². The Hall–Kier alpha value is -0.360. The Balaban J connectivity index is 3.25. The van der Waals surface area contributed by atoms with Crippen LogP contribution in [0.5, 0.6) is 0 Å². The van der Waals surface area contributed by atoms with Gasteiger partial charge in [0.2, 0.25) is 11.8 Å². The van der Waals surface area contributed by atoms with Gasteiger partial charge >= 0.3 is 0 Å². The summed E-state index contributed by atoms with van der Waals surface area (Å²) in [6, 6.07) is 0. The largest absolute Gasteiger partial charge is 0.355 e. The number of rotatable bonds is 23. The predicted molar refractivity (Wildman–Crippen MR) is 136 cm³/mol. The quantitative estimate of drug-likeness (QED) is 0.129. The van der Waals surface area contributed by atoms with Gasteiger partial charge in [-0.1, -0.05) is 112 Å². The molecule has 0 radical (unpaired) electrons. The van der Waals surface area contributed by atoms with Crippen molar-refractivity contribution in [2.24, 2.45) is 0 Å². The zero-order valence-corrected chi connectivity index (χ0v) is 21.4. The van der Waals surface area contributed by atoms with Gasteiger partial charge in [-0.05, 0) is 12.8 Å². The van der Waals surface area contributed by atoms with Gasteiger partial charge in [0.05, 0.1) is 0 Å². The normalized spacial score (nSPS) is 10.9. The highest BCUT2D eigenvalue weighted by Gasteiger charge is 2.02. The Morgan fingerprint density at radius 3 is 1.23 bits per heavy atom. The van der Waals surface area contributed by atoms with Gasteiger partial charge in [0.15, 0.2) is 0 Å². The molecule has 0 heterocycles. The van der Waals surface area contributed by atoms with E-state index in [4.69, 9.17) is 0 Å². The molecule has 0 saturated heterocycles. The van der Waals surface area contributed by atoms with Crippen LogP contribution in [0.15, 0.2) is 0 Å². The molecule has 0 unspecified atom stereocenters. The second-order valence-corrected chi connectivity index (χ2v) is 10.8. The highest BCUT2D eigenvalue weighted by molar-refractivity contribution is 8.76. The summed E-state index contributed by atoms with van der Waals surface area (Å²) in [5, 5.41) is 6.01. The van der Waals surface area contributed by atoms with Gasteiger partial charge in [-0.3, -0.25) is 9.59 Å². The summed E-state index contributed by atoms with van der Waals surface area (Å²) in [5.41, 5.74) is 0. The first-order valence-electron chi connectivity index (χ1n) is 12.5. The lowest BCUT2D eigenvalue weighted by Gasteiger charge is -2.06. The van der Waals surface area contributed by atoms with Crippen molar-refractivity contribution >= 4 is 33.4 Å². The monoisotopic (exact) mass is 460 g/mol. The molecule has 0 aromatic carbocycles. The van der Waals surface area contributed by atoms with Crippen molar-refractivity contribution in [3.63, 3.8) is 0 Å². The Labute approximate surface area is 194 Å². The van der Waals surface area contributed by atoms with Crippen molar-refractivity contribution in [3.05, 3.63) is 0 Å². The van der Waals surface area contributed by atoms with Crippen molar-refractivity contribution in [3.8, 4) is 0 Å². The van der Waals surface area contributed by atoms with E-state index in [0.29, 0.717) is 12.8 Å². The van der Waals surface area contributed by atoms with Gasteiger partial charge in [0, 0.05) is 37.4 Å². The van der Waals surface area contributed by atoms with E-state index >= 15 is 0 Å². The number of hydrogen-bond acceptors (Lipinski definition) is 4. The van der Waals surface area contributed by atoms with E-state index in [-0.39, 0.29) is 11.8 Å². The third kappa shape index (κ3) is 23.9. The lowest BCUT2D eigenvalue weighted by Crippen LogP contribution is -2.26. The molecule has 0 aliphatic carbocycles. The minimum Gasteiger partial charge on any atom is -0.355 e. The fourth-order valence-electron chi connectivity index (χ4n) is 3.24. The number of carbonyl (C=O) groups is 2. The Morgan fingerprint density at radius 2 is 0.867 bits per heavy atom. The molecule has 0 aliphatic rings. The van der Waals surface area contributed by atoms with Gasteiger partial charge in [0.25, 0.3) is 0 Å². The maximum atomic E-state index is 11.8. The van der Waals surface area contributed by atoms with E-state index in [1.165, 1.54) is 77.0 Å².